The van der Waals surface area contributed by atoms with Gasteiger partial charge in [-0.3, -0.25) is 0 Å². The van der Waals surface area contributed by atoms with Crippen LogP contribution >= 0.6 is 11.3 Å². The summed E-state index contributed by atoms with van der Waals surface area (Å²) in [5.41, 5.74) is 7.32. The van der Waals surface area contributed by atoms with E-state index >= 15 is 0 Å². The molecule has 0 radical (unpaired) electrons. The van der Waals surface area contributed by atoms with Gasteiger partial charge >= 0.3 is 0 Å². The van der Waals surface area contributed by atoms with Crippen molar-refractivity contribution in [1.29, 1.82) is 0 Å². The number of para-hydroxylation sites is 1. The summed E-state index contributed by atoms with van der Waals surface area (Å²) in [5.74, 6) is 0.576. The first-order valence-electron chi connectivity index (χ1n) is 6.30. The summed E-state index contributed by atoms with van der Waals surface area (Å²) in [4.78, 5) is 4.63. The molecule has 2 nitrogen and oxygen atoms in total. The van der Waals surface area contributed by atoms with Crippen LogP contribution in [0, 0.1) is 5.92 Å². The van der Waals surface area contributed by atoms with Crippen LogP contribution in [0.25, 0.3) is 10.2 Å². The molecule has 0 saturated carbocycles. The fourth-order valence-corrected chi connectivity index (χ4v) is 3.12. The van der Waals surface area contributed by atoms with E-state index in [0.717, 1.165) is 11.9 Å². The highest BCUT2D eigenvalue weighted by atomic mass is 32.1. The Morgan fingerprint density at radius 2 is 2.12 bits per heavy atom. The van der Waals surface area contributed by atoms with Gasteiger partial charge in [0.25, 0.3) is 0 Å². The number of hydrogen-bond acceptors (Lipinski definition) is 3. The summed E-state index contributed by atoms with van der Waals surface area (Å²) in [6.07, 6.45) is 3.31. The molecule has 2 rings (SSSR count). The molecule has 0 aliphatic rings. The van der Waals surface area contributed by atoms with Gasteiger partial charge < -0.3 is 5.73 Å². The molecule has 0 amide bonds. The van der Waals surface area contributed by atoms with Gasteiger partial charge in [-0.05, 0) is 24.5 Å². The van der Waals surface area contributed by atoms with Gasteiger partial charge in [0.1, 0.15) is 0 Å². The number of rotatable bonds is 5. The molecule has 2 aromatic rings. The molecular formula is C14H20N2S. The van der Waals surface area contributed by atoms with Gasteiger partial charge in [-0.1, -0.05) is 32.4 Å². The predicted molar refractivity (Wildman–Crippen MR) is 75.4 cm³/mol. The van der Waals surface area contributed by atoms with Gasteiger partial charge in [0.05, 0.1) is 15.2 Å². The third kappa shape index (κ3) is 3.05. The predicted octanol–water partition coefficient (Wildman–Crippen LogP) is 3.60. The second-order valence-corrected chi connectivity index (χ2v) is 5.82. The molecule has 92 valence electrons. The summed E-state index contributed by atoms with van der Waals surface area (Å²) in [5, 5.41) is 1.17. The van der Waals surface area contributed by atoms with E-state index < -0.39 is 0 Å². The number of nitrogens with two attached hydrogens (primary N) is 1. The second-order valence-electron chi connectivity index (χ2n) is 4.71. The van der Waals surface area contributed by atoms with Gasteiger partial charge in [0.15, 0.2) is 0 Å². The zero-order valence-electron chi connectivity index (χ0n) is 10.5. The Bertz CT molecular complexity index is 445. The zero-order chi connectivity index (χ0) is 12.3. The van der Waals surface area contributed by atoms with E-state index in [4.69, 9.17) is 5.73 Å². The standard InChI is InChI=1S/C14H20N2S/c1-3-6-10(2)11(15)9-14-16-12-7-4-5-8-13(12)17-14/h4-5,7-8,10-11H,3,6,9,15H2,1-2H3. The smallest absolute Gasteiger partial charge is 0.0954 e. The highest BCUT2D eigenvalue weighted by Crippen LogP contribution is 2.23. The summed E-state index contributed by atoms with van der Waals surface area (Å²) in [6.45, 7) is 4.45. The van der Waals surface area contributed by atoms with Crippen molar-refractivity contribution in [3.8, 4) is 0 Å². The van der Waals surface area contributed by atoms with Crippen LogP contribution in [0.15, 0.2) is 24.3 Å². The number of fused-ring (bicyclic) bond motifs is 1. The van der Waals surface area contributed by atoms with Crippen molar-refractivity contribution in [1.82, 2.24) is 4.98 Å². The van der Waals surface area contributed by atoms with Gasteiger partial charge in [0, 0.05) is 12.5 Å². The maximum Gasteiger partial charge on any atom is 0.0954 e. The van der Waals surface area contributed by atoms with Crippen LogP contribution in [0.2, 0.25) is 0 Å². The second kappa shape index (κ2) is 5.61. The number of benzene rings is 1. The Hall–Kier alpha value is -0.930. The minimum atomic E-state index is 0.232. The molecule has 1 aromatic heterocycles. The van der Waals surface area contributed by atoms with E-state index in [0.29, 0.717) is 5.92 Å². The number of nitrogens with zero attached hydrogens (tertiary/aromatic N) is 1. The molecule has 0 aliphatic carbocycles. The molecule has 1 heterocycles. The summed E-state index contributed by atoms with van der Waals surface area (Å²) < 4.78 is 1.26. The van der Waals surface area contributed by atoms with E-state index in [1.54, 1.807) is 11.3 Å². The Labute approximate surface area is 107 Å². The van der Waals surface area contributed by atoms with Crippen LogP contribution in [0.3, 0.4) is 0 Å². The third-order valence-electron chi connectivity index (χ3n) is 3.22. The van der Waals surface area contributed by atoms with Crippen molar-refractivity contribution in [2.75, 3.05) is 0 Å². The Balaban J connectivity index is 2.07. The normalized spacial score (nSPS) is 15.0. The Morgan fingerprint density at radius 1 is 1.35 bits per heavy atom. The monoisotopic (exact) mass is 248 g/mol. The fourth-order valence-electron chi connectivity index (χ4n) is 2.08. The SMILES string of the molecule is CCCC(C)C(N)Cc1nc2ccccc2s1. The first-order chi connectivity index (χ1) is 8.20. The van der Waals surface area contributed by atoms with Crippen LogP contribution in [0.4, 0.5) is 0 Å². The minimum absolute atomic E-state index is 0.232. The summed E-state index contributed by atoms with van der Waals surface area (Å²) in [7, 11) is 0. The number of hydrogen-bond donors (Lipinski definition) is 1. The van der Waals surface area contributed by atoms with Gasteiger partial charge in [-0.25, -0.2) is 4.98 Å². The molecule has 0 saturated heterocycles. The van der Waals surface area contributed by atoms with E-state index in [9.17, 15) is 0 Å². The number of aromatic nitrogens is 1. The zero-order valence-corrected chi connectivity index (χ0v) is 11.3. The van der Waals surface area contributed by atoms with Crippen molar-refractivity contribution in [2.45, 2.75) is 39.2 Å². The molecule has 2 atom stereocenters. The molecule has 1 aromatic carbocycles. The van der Waals surface area contributed by atoms with Gasteiger partial charge in [-0.2, -0.15) is 0 Å². The van der Waals surface area contributed by atoms with Crippen molar-refractivity contribution >= 4 is 21.6 Å². The maximum absolute atomic E-state index is 6.22. The van der Waals surface area contributed by atoms with Gasteiger partial charge in [0.2, 0.25) is 0 Å². The van der Waals surface area contributed by atoms with Crippen LogP contribution < -0.4 is 5.73 Å². The average Bonchev–Trinajstić information content (AvgIpc) is 2.71. The van der Waals surface area contributed by atoms with Crippen LogP contribution in [-0.2, 0) is 6.42 Å². The molecule has 17 heavy (non-hydrogen) atoms. The molecular weight excluding hydrogens is 228 g/mol. The lowest BCUT2D eigenvalue weighted by Gasteiger charge is -2.17. The molecule has 2 unspecified atom stereocenters. The van der Waals surface area contributed by atoms with Crippen molar-refractivity contribution < 1.29 is 0 Å². The Kier molecular flexibility index (Phi) is 4.13. The quantitative estimate of drug-likeness (QED) is 0.878. The van der Waals surface area contributed by atoms with Gasteiger partial charge in [-0.15, -0.1) is 11.3 Å². The summed E-state index contributed by atoms with van der Waals surface area (Å²) in [6, 6.07) is 8.51. The third-order valence-corrected chi connectivity index (χ3v) is 4.28. The average molecular weight is 248 g/mol. The van der Waals surface area contributed by atoms with E-state index in [1.807, 2.05) is 6.07 Å². The first-order valence-corrected chi connectivity index (χ1v) is 7.12. The molecule has 0 bridgehead atoms. The van der Waals surface area contributed by atoms with Crippen LogP contribution in [0.5, 0.6) is 0 Å². The maximum atomic E-state index is 6.22. The van der Waals surface area contributed by atoms with Crippen LogP contribution in [0.1, 0.15) is 31.7 Å². The fraction of sp³-hybridized carbons (Fsp3) is 0.500. The lowest BCUT2D eigenvalue weighted by molar-refractivity contribution is 0.419. The minimum Gasteiger partial charge on any atom is -0.327 e. The van der Waals surface area contributed by atoms with E-state index in [-0.39, 0.29) is 6.04 Å². The molecule has 3 heteroatoms. The van der Waals surface area contributed by atoms with E-state index in [1.165, 1.54) is 22.5 Å². The van der Waals surface area contributed by atoms with Crippen molar-refractivity contribution in [3.63, 3.8) is 0 Å². The van der Waals surface area contributed by atoms with Crippen molar-refractivity contribution in [3.05, 3.63) is 29.3 Å². The first kappa shape index (κ1) is 12.5. The topological polar surface area (TPSA) is 38.9 Å². The lowest BCUT2D eigenvalue weighted by Crippen LogP contribution is -2.30. The summed E-state index contributed by atoms with van der Waals surface area (Å²) >= 11 is 1.77. The van der Waals surface area contributed by atoms with Crippen LogP contribution in [-0.4, -0.2) is 11.0 Å². The Morgan fingerprint density at radius 3 is 2.82 bits per heavy atom. The highest BCUT2D eigenvalue weighted by molar-refractivity contribution is 7.18. The number of thiazole rings is 1. The largest absolute Gasteiger partial charge is 0.327 e. The van der Waals surface area contributed by atoms with Crippen molar-refractivity contribution in [2.24, 2.45) is 11.7 Å². The molecule has 0 spiro atoms. The van der Waals surface area contributed by atoms with E-state index in [2.05, 4.69) is 37.0 Å². The molecule has 0 aliphatic heterocycles. The highest BCUT2D eigenvalue weighted by Gasteiger charge is 2.14. The molecule has 0 fully saturated rings. The molecule has 2 N–H and O–H groups in total. The lowest BCUT2D eigenvalue weighted by atomic mass is 9.95.